The fourth-order valence-electron chi connectivity index (χ4n) is 2.92. The van der Waals surface area contributed by atoms with Gasteiger partial charge in [0, 0.05) is 17.2 Å². The highest BCUT2D eigenvalue weighted by molar-refractivity contribution is 7.99. The second-order valence-corrected chi connectivity index (χ2v) is 7.70. The number of ether oxygens (including phenoxy) is 1. The third-order valence-electron chi connectivity index (χ3n) is 4.45. The summed E-state index contributed by atoms with van der Waals surface area (Å²) in [5.41, 5.74) is -1.24. The van der Waals surface area contributed by atoms with Crippen LogP contribution in [0, 0.1) is 0 Å². The second kappa shape index (κ2) is 10.6. The predicted octanol–water partition coefficient (Wildman–Crippen LogP) is 3.37. The maximum absolute atomic E-state index is 12.8. The quantitative estimate of drug-likeness (QED) is 0.315. The van der Waals surface area contributed by atoms with Crippen LogP contribution in [-0.4, -0.2) is 35.9 Å². The minimum Gasteiger partial charge on any atom is -0.453 e. The first-order valence-electron chi connectivity index (χ1n) is 9.56. The van der Waals surface area contributed by atoms with Gasteiger partial charge in [0.25, 0.3) is 5.91 Å². The number of benzene rings is 3. The number of amides is 1. The van der Waals surface area contributed by atoms with Crippen molar-refractivity contribution in [3.05, 3.63) is 102 Å². The molecule has 1 amide bonds. The Morgan fingerprint density at radius 1 is 0.833 bits per heavy atom. The van der Waals surface area contributed by atoms with Gasteiger partial charge in [0.2, 0.25) is 5.60 Å². The minimum absolute atomic E-state index is 0.376. The van der Waals surface area contributed by atoms with Crippen LogP contribution in [0.3, 0.4) is 0 Å². The Kier molecular flexibility index (Phi) is 7.65. The van der Waals surface area contributed by atoms with E-state index in [4.69, 9.17) is 4.74 Å². The molecule has 0 spiro atoms. The largest absolute Gasteiger partial charge is 0.453 e. The van der Waals surface area contributed by atoms with Gasteiger partial charge < -0.3 is 15.2 Å². The standard InChI is InChI=1S/C24H23NO4S/c26-22(25-16-17-30-21-14-8-3-9-15-21)18-29-23(27)24(28,19-10-4-1-5-11-19)20-12-6-2-7-13-20/h1-15,28H,16-18H2,(H,25,26). The molecule has 0 saturated carbocycles. The number of hydrogen-bond donors (Lipinski definition) is 2. The molecule has 0 fully saturated rings. The Hall–Kier alpha value is -3.09. The molecule has 0 atom stereocenters. The molecule has 0 aliphatic rings. The molecule has 3 aromatic rings. The lowest BCUT2D eigenvalue weighted by Gasteiger charge is -2.26. The van der Waals surface area contributed by atoms with E-state index in [-0.39, 0.29) is 0 Å². The van der Waals surface area contributed by atoms with Gasteiger partial charge in [0.15, 0.2) is 6.61 Å². The molecule has 0 aliphatic carbocycles. The first kappa shape index (κ1) is 21.6. The molecule has 0 heterocycles. The van der Waals surface area contributed by atoms with Gasteiger partial charge in [-0.25, -0.2) is 4.79 Å². The highest BCUT2D eigenvalue weighted by atomic mass is 32.2. The van der Waals surface area contributed by atoms with E-state index in [1.165, 1.54) is 0 Å². The van der Waals surface area contributed by atoms with E-state index in [0.717, 1.165) is 4.90 Å². The molecule has 3 rings (SSSR count). The van der Waals surface area contributed by atoms with Crippen LogP contribution in [0.5, 0.6) is 0 Å². The third kappa shape index (κ3) is 5.49. The number of hydrogen-bond acceptors (Lipinski definition) is 5. The van der Waals surface area contributed by atoms with Crippen LogP contribution in [0.4, 0.5) is 0 Å². The molecule has 0 bridgehead atoms. The summed E-state index contributed by atoms with van der Waals surface area (Å²) in [7, 11) is 0. The Balaban J connectivity index is 1.56. The summed E-state index contributed by atoms with van der Waals surface area (Å²) >= 11 is 1.62. The van der Waals surface area contributed by atoms with Crippen LogP contribution < -0.4 is 5.32 Å². The summed E-state index contributed by atoms with van der Waals surface area (Å²) in [5.74, 6) is -0.615. The van der Waals surface area contributed by atoms with E-state index in [1.54, 1.807) is 72.4 Å². The Bertz CT molecular complexity index is 909. The fraction of sp³-hybridized carbons (Fsp3) is 0.167. The van der Waals surface area contributed by atoms with Crippen molar-refractivity contribution in [2.75, 3.05) is 18.9 Å². The number of rotatable bonds is 9. The molecule has 30 heavy (non-hydrogen) atoms. The zero-order chi connectivity index (χ0) is 21.2. The van der Waals surface area contributed by atoms with Gasteiger partial charge >= 0.3 is 5.97 Å². The molecular weight excluding hydrogens is 398 g/mol. The lowest BCUT2D eigenvalue weighted by Crippen LogP contribution is -2.40. The minimum atomic E-state index is -1.99. The molecule has 0 aliphatic heterocycles. The number of nitrogens with one attached hydrogen (secondary N) is 1. The molecule has 5 nitrogen and oxygen atoms in total. The number of carbonyl (C=O) groups is 2. The van der Waals surface area contributed by atoms with Gasteiger partial charge in [0.1, 0.15) is 0 Å². The molecule has 2 N–H and O–H groups in total. The van der Waals surface area contributed by atoms with E-state index >= 15 is 0 Å². The first-order valence-corrected chi connectivity index (χ1v) is 10.5. The third-order valence-corrected chi connectivity index (χ3v) is 5.46. The zero-order valence-corrected chi connectivity index (χ0v) is 17.2. The molecule has 3 aromatic carbocycles. The lowest BCUT2D eigenvalue weighted by molar-refractivity contribution is -0.164. The number of aliphatic hydroxyl groups is 1. The van der Waals surface area contributed by atoms with Crippen molar-refractivity contribution in [1.29, 1.82) is 0 Å². The van der Waals surface area contributed by atoms with Crippen molar-refractivity contribution in [3.63, 3.8) is 0 Å². The van der Waals surface area contributed by atoms with E-state index in [1.807, 2.05) is 30.3 Å². The summed E-state index contributed by atoms with van der Waals surface area (Å²) in [5, 5.41) is 14.0. The van der Waals surface area contributed by atoms with Gasteiger partial charge in [-0.15, -0.1) is 11.8 Å². The number of thioether (sulfide) groups is 1. The van der Waals surface area contributed by atoms with E-state index in [9.17, 15) is 14.7 Å². The van der Waals surface area contributed by atoms with Crippen LogP contribution in [0.1, 0.15) is 11.1 Å². The molecule has 0 aromatic heterocycles. The van der Waals surface area contributed by atoms with Crippen LogP contribution in [0.2, 0.25) is 0 Å². The number of esters is 1. The molecule has 0 radical (unpaired) electrons. The summed E-state index contributed by atoms with van der Waals surface area (Å²) in [6, 6.07) is 27.0. The van der Waals surface area contributed by atoms with Crippen LogP contribution in [0.15, 0.2) is 95.9 Å². The van der Waals surface area contributed by atoms with E-state index in [0.29, 0.717) is 23.4 Å². The SMILES string of the molecule is O=C(COC(=O)C(O)(c1ccccc1)c1ccccc1)NCCSc1ccccc1. The van der Waals surface area contributed by atoms with Gasteiger partial charge in [0.05, 0.1) is 0 Å². The van der Waals surface area contributed by atoms with E-state index < -0.39 is 24.1 Å². The molecule has 6 heteroatoms. The van der Waals surface area contributed by atoms with Crippen molar-refractivity contribution in [2.24, 2.45) is 0 Å². The van der Waals surface area contributed by atoms with Crippen molar-refractivity contribution in [1.82, 2.24) is 5.32 Å². The molecule has 0 unspecified atom stereocenters. The topological polar surface area (TPSA) is 75.6 Å². The molecular formula is C24H23NO4S. The van der Waals surface area contributed by atoms with Gasteiger partial charge in [-0.3, -0.25) is 4.79 Å². The monoisotopic (exact) mass is 421 g/mol. The molecule has 0 saturated heterocycles. The van der Waals surface area contributed by atoms with Gasteiger partial charge in [-0.2, -0.15) is 0 Å². The smallest absolute Gasteiger partial charge is 0.348 e. The van der Waals surface area contributed by atoms with Crippen molar-refractivity contribution >= 4 is 23.6 Å². The number of carbonyl (C=O) groups excluding carboxylic acids is 2. The Morgan fingerprint density at radius 3 is 1.87 bits per heavy atom. The average Bonchev–Trinajstić information content (AvgIpc) is 2.81. The second-order valence-electron chi connectivity index (χ2n) is 6.53. The highest BCUT2D eigenvalue weighted by Gasteiger charge is 2.41. The van der Waals surface area contributed by atoms with E-state index in [2.05, 4.69) is 5.32 Å². The lowest BCUT2D eigenvalue weighted by atomic mass is 9.86. The first-order chi connectivity index (χ1) is 14.6. The van der Waals surface area contributed by atoms with Crippen LogP contribution in [-0.2, 0) is 19.9 Å². The summed E-state index contributed by atoms with van der Waals surface area (Å²) in [4.78, 5) is 26.0. The predicted molar refractivity (Wildman–Crippen MR) is 117 cm³/mol. The van der Waals surface area contributed by atoms with Crippen LogP contribution in [0.25, 0.3) is 0 Å². The summed E-state index contributed by atoms with van der Waals surface area (Å²) in [6.45, 7) is -0.0194. The van der Waals surface area contributed by atoms with Gasteiger partial charge in [-0.1, -0.05) is 78.9 Å². The fourth-order valence-corrected chi connectivity index (χ4v) is 3.71. The summed E-state index contributed by atoms with van der Waals surface area (Å²) in [6.07, 6.45) is 0. The maximum atomic E-state index is 12.8. The van der Waals surface area contributed by atoms with Gasteiger partial charge in [-0.05, 0) is 23.3 Å². The normalized spacial score (nSPS) is 11.0. The van der Waals surface area contributed by atoms with Crippen molar-refractivity contribution in [3.8, 4) is 0 Å². The van der Waals surface area contributed by atoms with Crippen molar-refractivity contribution < 1.29 is 19.4 Å². The Morgan fingerprint density at radius 2 is 1.33 bits per heavy atom. The van der Waals surface area contributed by atoms with Crippen molar-refractivity contribution in [2.45, 2.75) is 10.5 Å². The highest BCUT2D eigenvalue weighted by Crippen LogP contribution is 2.30. The Labute approximate surface area is 180 Å². The maximum Gasteiger partial charge on any atom is 0.348 e. The molecule has 154 valence electrons. The average molecular weight is 422 g/mol. The van der Waals surface area contributed by atoms with Crippen LogP contribution >= 0.6 is 11.8 Å². The zero-order valence-electron chi connectivity index (χ0n) is 16.4. The summed E-state index contributed by atoms with van der Waals surface area (Å²) < 4.78 is 5.19.